The minimum atomic E-state index is 0.0999. The molecule has 0 N–H and O–H groups in total. The Balaban J connectivity index is 1.74. The number of hydrogen-bond donors (Lipinski definition) is 0. The number of piperidine rings is 1. The number of amides is 1. The Hall–Kier alpha value is -1.65. The highest BCUT2D eigenvalue weighted by molar-refractivity contribution is 5.99. The van der Waals surface area contributed by atoms with Gasteiger partial charge < -0.3 is 4.90 Å². The number of anilines is 2. The van der Waals surface area contributed by atoms with Crippen LogP contribution in [0.4, 0.5) is 11.8 Å². The number of carbonyl (C=O) groups excluding carboxylic acids is 1. The molecule has 0 radical (unpaired) electrons. The molecule has 1 amide bonds. The zero-order valence-corrected chi connectivity index (χ0v) is 13.4. The Bertz CT molecular complexity index is 556. The number of aromatic nitrogens is 2. The van der Waals surface area contributed by atoms with E-state index in [4.69, 9.17) is 0 Å². The second-order valence-electron chi connectivity index (χ2n) is 7.28. The standard InChI is InChI=1S/C16H24N4O/c1-16(2,3)12-5-7-20(8-6-12)15-17-10-11-9-13(21)19(4)14(11)18-15/h10,12H,5-9H2,1-4H3. The summed E-state index contributed by atoms with van der Waals surface area (Å²) in [7, 11) is 1.79. The normalized spacial score (nSPS) is 20.1. The fourth-order valence-corrected chi connectivity index (χ4v) is 3.30. The van der Waals surface area contributed by atoms with Crippen molar-refractivity contribution in [3.8, 4) is 0 Å². The molecule has 5 heteroatoms. The summed E-state index contributed by atoms with van der Waals surface area (Å²) < 4.78 is 0. The summed E-state index contributed by atoms with van der Waals surface area (Å²) in [6.45, 7) is 8.95. The van der Waals surface area contributed by atoms with Crippen molar-refractivity contribution >= 4 is 17.7 Å². The monoisotopic (exact) mass is 288 g/mol. The maximum absolute atomic E-state index is 11.7. The molecule has 0 aromatic carbocycles. The van der Waals surface area contributed by atoms with E-state index in [2.05, 4.69) is 35.6 Å². The summed E-state index contributed by atoms with van der Waals surface area (Å²) >= 11 is 0. The molecule has 114 valence electrons. The molecule has 3 heterocycles. The van der Waals surface area contributed by atoms with E-state index in [9.17, 15) is 4.79 Å². The largest absolute Gasteiger partial charge is 0.341 e. The number of likely N-dealkylation sites (N-methyl/N-ethyl adjacent to an activating group) is 1. The van der Waals surface area contributed by atoms with Gasteiger partial charge in [0.05, 0.1) is 6.42 Å². The van der Waals surface area contributed by atoms with Crippen LogP contribution >= 0.6 is 0 Å². The van der Waals surface area contributed by atoms with E-state index < -0.39 is 0 Å². The zero-order chi connectivity index (χ0) is 15.2. The number of fused-ring (bicyclic) bond motifs is 1. The molecule has 1 saturated heterocycles. The van der Waals surface area contributed by atoms with Crippen LogP contribution in [0.3, 0.4) is 0 Å². The lowest BCUT2D eigenvalue weighted by atomic mass is 9.75. The molecule has 0 unspecified atom stereocenters. The molecule has 21 heavy (non-hydrogen) atoms. The van der Waals surface area contributed by atoms with E-state index in [0.717, 1.165) is 36.3 Å². The zero-order valence-electron chi connectivity index (χ0n) is 13.4. The first kappa shape index (κ1) is 14.3. The van der Waals surface area contributed by atoms with Gasteiger partial charge in [0.1, 0.15) is 5.82 Å². The Kier molecular flexibility index (Phi) is 3.38. The fraction of sp³-hybridized carbons (Fsp3) is 0.688. The van der Waals surface area contributed by atoms with Gasteiger partial charge in [-0.15, -0.1) is 0 Å². The van der Waals surface area contributed by atoms with Gasteiger partial charge in [0.15, 0.2) is 0 Å². The van der Waals surface area contributed by atoms with Gasteiger partial charge in [-0.25, -0.2) is 4.98 Å². The van der Waals surface area contributed by atoms with Crippen molar-refractivity contribution in [2.45, 2.75) is 40.0 Å². The van der Waals surface area contributed by atoms with Crippen molar-refractivity contribution in [2.75, 3.05) is 29.9 Å². The predicted molar refractivity (Wildman–Crippen MR) is 83.5 cm³/mol. The Morgan fingerprint density at radius 1 is 1.24 bits per heavy atom. The Morgan fingerprint density at radius 2 is 1.90 bits per heavy atom. The fourth-order valence-electron chi connectivity index (χ4n) is 3.30. The molecule has 3 rings (SSSR count). The van der Waals surface area contributed by atoms with Crippen molar-refractivity contribution in [3.63, 3.8) is 0 Å². The van der Waals surface area contributed by atoms with E-state index in [1.54, 1.807) is 11.9 Å². The highest BCUT2D eigenvalue weighted by Gasteiger charge is 2.31. The van der Waals surface area contributed by atoms with Crippen LogP contribution in [-0.4, -0.2) is 36.0 Å². The van der Waals surface area contributed by atoms with Gasteiger partial charge in [0, 0.05) is 31.9 Å². The molecular weight excluding hydrogens is 264 g/mol. The third kappa shape index (κ3) is 2.61. The van der Waals surface area contributed by atoms with Crippen molar-refractivity contribution in [1.29, 1.82) is 0 Å². The molecule has 0 atom stereocenters. The number of hydrogen-bond acceptors (Lipinski definition) is 4. The van der Waals surface area contributed by atoms with Crippen LogP contribution in [-0.2, 0) is 11.2 Å². The van der Waals surface area contributed by atoms with E-state index in [1.807, 2.05) is 6.20 Å². The van der Waals surface area contributed by atoms with Gasteiger partial charge in [-0.2, -0.15) is 4.98 Å². The third-order valence-electron chi connectivity index (χ3n) is 4.86. The van der Waals surface area contributed by atoms with E-state index in [0.29, 0.717) is 11.8 Å². The number of carbonyl (C=O) groups is 1. The highest BCUT2D eigenvalue weighted by atomic mass is 16.2. The molecular formula is C16H24N4O. The summed E-state index contributed by atoms with van der Waals surface area (Å²) in [4.78, 5) is 24.7. The van der Waals surface area contributed by atoms with Crippen LogP contribution in [0.25, 0.3) is 0 Å². The average molecular weight is 288 g/mol. The third-order valence-corrected chi connectivity index (χ3v) is 4.86. The number of nitrogens with zero attached hydrogens (tertiary/aromatic N) is 4. The van der Waals surface area contributed by atoms with Crippen molar-refractivity contribution < 1.29 is 4.79 Å². The lowest BCUT2D eigenvalue weighted by Gasteiger charge is -2.38. The van der Waals surface area contributed by atoms with Gasteiger partial charge in [0.25, 0.3) is 0 Å². The molecule has 0 bridgehead atoms. The smallest absolute Gasteiger partial charge is 0.232 e. The quantitative estimate of drug-likeness (QED) is 0.795. The summed E-state index contributed by atoms with van der Waals surface area (Å²) in [6, 6.07) is 0. The molecule has 1 fully saturated rings. The minimum Gasteiger partial charge on any atom is -0.341 e. The maximum atomic E-state index is 11.7. The summed E-state index contributed by atoms with van der Waals surface area (Å²) in [5, 5.41) is 0. The molecule has 2 aliphatic heterocycles. The minimum absolute atomic E-state index is 0.0999. The summed E-state index contributed by atoms with van der Waals surface area (Å²) in [6.07, 6.45) is 4.60. The summed E-state index contributed by atoms with van der Waals surface area (Å²) in [5.41, 5.74) is 1.31. The first-order chi connectivity index (χ1) is 9.86. The second kappa shape index (κ2) is 4.97. The molecule has 0 spiro atoms. The van der Waals surface area contributed by atoms with E-state index in [1.165, 1.54) is 12.8 Å². The topological polar surface area (TPSA) is 49.3 Å². The molecule has 1 aromatic rings. The van der Waals surface area contributed by atoms with Crippen LogP contribution in [0, 0.1) is 11.3 Å². The van der Waals surface area contributed by atoms with Gasteiger partial charge in [0.2, 0.25) is 11.9 Å². The Morgan fingerprint density at radius 3 is 2.52 bits per heavy atom. The van der Waals surface area contributed by atoms with Crippen LogP contribution in [0.5, 0.6) is 0 Å². The lowest BCUT2D eigenvalue weighted by Crippen LogP contribution is -2.39. The molecule has 2 aliphatic rings. The first-order valence-electron chi connectivity index (χ1n) is 7.73. The number of rotatable bonds is 1. The molecule has 1 aromatic heterocycles. The van der Waals surface area contributed by atoms with E-state index >= 15 is 0 Å². The van der Waals surface area contributed by atoms with Crippen LogP contribution < -0.4 is 9.80 Å². The maximum Gasteiger partial charge on any atom is 0.232 e. The van der Waals surface area contributed by atoms with Gasteiger partial charge in [-0.1, -0.05) is 20.8 Å². The molecule has 0 aliphatic carbocycles. The van der Waals surface area contributed by atoms with Crippen molar-refractivity contribution in [1.82, 2.24) is 9.97 Å². The highest BCUT2D eigenvalue weighted by Crippen LogP contribution is 2.35. The molecule has 5 nitrogen and oxygen atoms in total. The van der Waals surface area contributed by atoms with Crippen molar-refractivity contribution in [2.24, 2.45) is 11.3 Å². The summed E-state index contributed by atoms with van der Waals surface area (Å²) in [5.74, 6) is 2.40. The Labute approximate surface area is 126 Å². The predicted octanol–water partition coefficient (Wildman–Crippen LogP) is 2.26. The SMILES string of the molecule is CN1C(=O)Cc2cnc(N3CCC(C(C)(C)C)CC3)nc21. The van der Waals surface area contributed by atoms with E-state index in [-0.39, 0.29) is 5.91 Å². The van der Waals surface area contributed by atoms with Crippen LogP contribution in [0.2, 0.25) is 0 Å². The van der Waals surface area contributed by atoms with Gasteiger partial charge in [-0.3, -0.25) is 9.69 Å². The van der Waals surface area contributed by atoms with Crippen LogP contribution in [0.15, 0.2) is 6.20 Å². The second-order valence-corrected chi connectivity index (χ2v) is 7.28. The van der Waals surface area contributed by atoms with Gasteiger partial charge >= 0.3 is 0 Å². The average Bonchev–Trinajstić information content (AvgIpc) is 2.73. The lowest BCUT2D eigenvalue weighted by molar-refractivity contribution is -0.117. The van der Waals surface area contributed by atoms with Crippen molar-refractivity contribution in [3.05, 3.63) is 11.8 Å². The van der Waals surface area contributed by atoms with Crippen LogP contribution in [0.1, 0.15) is 39.2 Å². The van der Waals surface area contributed by atoms with Gasteiger partial charge in [-0.05, 0) is 24.2 Å². The first-order valence-corrected chi connectivity index (χ1v) is 7.73. The molecule has 0 saturated carbocycles.